The monoisotopic (exact) mass is 539 g/mol. The Balaban J connectivity index is 1.69. The van der Waals surface area contributed by atoms with Crippen molar-refractivity contribution >= 4 is 10.9 Å². The van der Waals surface area contributed by atoms with E-state index in [2.05, 4.69) is 15.0 Å². The molecule has 1 aromatic carbocycles. The summed E-state index contributed by atoms with van der Waals surface area (Å²) in [5.41, 5.74) is -0.448. The van der Waals surface area contributed by atoms with Gasteiger partial charge in [-0.05, 0) is 48.7 Å². The molecule has 0 saturated carbocycles. The third kappa shape index (κ3) is 4.93. The van der Waals surface area contributed by atoms with Crippen LogP contribution in [-0.2, 0) is 18.0 Å². The maximum absolute atomic E-state index is 15.1. The van der Waals surface area contributed by atoms with Gasteiger partial charge < -0.3 is 9.47 Å². The SMILES string of the molecule is COc1cc([C@@H]2C[C@@H](c3cc4c(=O)n(C)c(C(F)(F)F)nc4c(-c4ccc(C#N)cc4F)n3)CCO2)ccn1. The Morgan fingerprint density at radius 1 is 1.18 bits per heavy atom. The number of nitriles is 1. The number of methoxy groups -OCH3 is 1. The summed E-state index contributed by atoms with van der Waals surface area (Å²) >= 11 is 0. The van der Waals surface area contributed by atoms with Crippen molar-refractivity contribution in [3.63, 3.8) is 0 Å². The van der Waals surface area contributed by atoms with Gasteiger partial charge in [0.1, 0.15) is 11.3 Å². The zero-order valence-electron chi connectivity index (χ0n) is 20.8. The maximum Gasteiger partial charge on any atom is 0.449 e. The van der Waals surface area contributed by atoms with Crippen LogP contribution in [0.15, 0.2) is 47.4 Å². The topological polar surface area (TPSA) is 103 Å². The molecule has 39 heavy (non-hydrogen) atoms. The lowest BCUT2D eigenvalue weighted by Gasteiger charge is -2.30. The van der Waals surface area contributed by atoms with Gasteiger partial charge in [-0.25, -0.2) is 14.4 Å². The molecule has 0 amide bonds. The van der Waals surface area contributed by atoms with E-state index in [4.69, 9.17) is 14.7 Å². The summed E-state index contributed by atoms with van der Waals surface area (Å²) in [5.74, 6) is -2.15. The second-order valence-electron chi connectivity index (χ2n) is 9.11. The molecule has 5 rings (SSSR count). The standard InChI is InChI=1S/C27H21F4N5O3/c1-36-25(37)18-12-20(15-6-8-39-21(10-15)16-5-7-33-22(11-16)38-2)34-23(24(18)35-26(36)27(29,30)31)17-4-3-14(13-32)9-19(17)28/h3-5,7,9,11-12,15,21H,6,8,10H2,1-2H3/t15-,21-/m0/s1. The van der Waals surface area contributed by atoms with Crippen LogP contribution in [0.1, 0.15) is 47.5 Å². The van der Waals surface area contributed by atoms with Crippen LogP contribution < -0.4 is 10.3 Å². The number of nitrogens with zero attached hydrogens (tertiary/aromatic N) is 5. The van der Waals surface area contributed by atoms with Crippen molar-refractivity contribution in [2.24, 2.45) is 7.05 Å². The van der Waals surface area contributed by atoms with Gasteiger partial charge in [0.25, 0.3) is 5.56 Å². The van der Waals surface area contributed by atoms with Crippen LogP contribution in [0.2, 0.25) is 0 Å². The smallest absolute Gasteiger partial charge is 0.449 e. The third-order valence-corrected chi connectivity index (χ3v) is 6.73. The van der Waals surface area contributed by atoms with E-state index in [9.17, 15) is 18.0 Å². The quantitative estimate of drug-likeness (QED) is 0.334. The fourth-order valence-electron chi connectivity index (χ4n) is 4.75. The number of hydrogen-bond acceptors (Lipinski definition) is 7. The summed E-state index contributed by atoms with van der Waals surface area (Å²) in [5, 5.41) is 8.99. The number of fused-ring (bicyclic) bond motifs is 1. The molecule has 1 saturated heterocycles. The average Bonchev–Trinajstić information content (AvgIpc) is 2.94. The molecule has 3 aromatic heterocycles. The Morgan fingerprint density at radius 3 is 2.67 bits per heavy atom. The van der Waals surface area contributed by atoms with Gasteiger partial charge in [-0.15, -0.1) is 0 Å². The second kappa shape index (κ2) is 10.1. The minimum Gasteiger partial charge on any atom is -0.481 e. The van der Waals surface area contributed by atoms with Crippen molar-refractivity contribution < 1.29 is 27.0 Å². The highest BCUT2D eigenvalue weighted by Crippen LogP contribution is 2.40. The molecule has 0 N–H and O–H groups in total. The van der Waals surface area contributed by atoms with Gasteiger partial charge in [0.2, 0.25) is 11.7 Å². The summed E-state index contributed by atoms with van der Waals surface area (Å²) < 4.78 is 67.9. The zero-order valence-corrected chi connectivity index (χ0v) is 20.8. The first-order chi connectivity index (χ1) is 18.6. The van der Waals surface area contributed by atoms with Crippen LogP contribution in [0.3, 0.4) is 0 Å². The molecule has 0 radical (unpaired) electrons. The molecule has 2 atom stereocenters. The highest BCUT2D eigenvalue weighted by Gasteiger charge is 2.37. The Hall–Kier alpha value is -4.37. The van der Waals surface area contributed by atoms with E-state index in [-0.39, 0.29) is 39.7 Å². The molecule has 0 spiro atoms. The molecule has 1 aliphatic heterocycles. The lowest BCUT2D eigenvalue weighted by atomic mass is 9.88. The first-order valence-corrected chi connectivity index (χ1v) is 11.9. The lowest BCUT2D eigenvalue weighted by molar-refractivity contribution is -0.147. The molecule has 1 fully saturated rings. The molecule has 200 valence electrons. The van der Waals surface area contributed by atoms with E-state index in [1.807, 2.05) is 6.07 Å². The normalized spacial score (nSPS) is 17.7. The number of hydrogen-bond donors (Lipinski definition) is 0. The number of ether oxygens (including phenoxy) is 2. The molecule has 0 aliphatic carbocycles. The summed E-state index contributed by atoms with van der Waals surface area (Å²) in [7, 11) is 2.49. The van der Waals surface area contributed by atoms with E-state index in [1.54, 1.807) is 18.3 Å². The molecule has 1 aliphatic rings. The van der Waals surface area contributed by atoms with E-state index in [0.29, 0.717) is 35.6 Å². The number of alkyl halides is 3. The number of pyridine rings is 2. The van der Waals surface area contributed by atoms with E-state index >= 15 is 4.39 Å². The van der Waals surface area contributed by atoms with Crippen molar-refractivity contribution in [2.45, 2.75) is 31.0 Å². The summed E-state index contributed by atoms with van der Waals surface area (Å²) in [6.07, 6.45) is -2.74. The van der Waals surface area contributed by atoms with Gasteiger partial charge in [0, 0.05) is 43.1 Å². The van der Waals surface area contributed by atoms with Gasteiger partial charge in [-0.1, -0.05) is 0 Å². The van der Waals surface area contributed by atoms with Gasteiger partial charge in [0.15, 0.2) is 0 Å². The highest BCUT2D eigenvalue weighted by atomic mass is 19.4. The molecular formula is C27H21F4N5O3. The first-order valence-electron chi connectivity index (χ1n) is 11.9. The molecule has 8 nitrogen and oxygen atoms in total. The van der Waals surface area contributed by atoms with Crippen LogP contribution in [0.5, 0.6) is 5.88 Å². The molecular weight excluding hydrogens is 518 g/mol. The Labute approximate surface area is 219 Å². The van der Waals surface area contributed by atoms with Gasteiger partial charge in [0.05, 0.1) is 35.9 Å². The largest absolute Gasteiger partial charge is 0.481 e. The first kappa shape index (κ1) is 26.2. The van der Waals surface area contributed by atoms with Crippen molar-refractivity contribution in [3.8, 4) is 23.2 Å². The Bertz CT molecular complexity index is 1680. The summed E-state index contributed by atoms with van der Waals surface area (Å²) in [6, 6.07) is 10.3. The molecule has 4 heterocycles. The number of aromatic nitrogens is 4. The molecule has 4 aromatic rings. The maximum atomic E-state index is 15.1. The highest BCUT2D eigenvalue weighted by molar-refractivity contribution is 5.91. The van der Waals surface area contributed by atoms with Crippen LogP contribution in [0, 0.1) is 17.1 Å². The van der Waals surface area contributed by atoms with Gasteiger partial charge >= 0.3 is 6.18 Å². The van der Waals surface area contributed by atoms with Crippen molar-refractivity contribution in [1.82, 2.24) is 19.5 Å². The van der Waals surface area contributed by atoms with Crippen molar-refractivity contribution in [3.05, 3.63) is 81.4 Å². The van der Waals surface area contributed by atoms with E-state index < -0.39 is 23.4 Å². The number of halogens is 4. The van der Waals surface area contributed by atoms with Gasteiger partial charge in [-0.2, -0.15) is 18.4 Å². The van der Waals surface area contributed by atoms with Crippen molar-refractivity contribution in [2.75, 3.05) is 13.7 Å². The average molecular weight is 539 g/mol. The number of rotatable bonds is 4. The molecule has 0 unspecified atom stereocenters. The minimum absolute atomic E-state index is 0.0246. The predicted molar refractivity (Wildman–Crippen MR) is 131 cm³/mol. The molecule has 0 bridgehead atoms. The predicted octanol–water partition coefficient (Wildman–Crippen LogP) is 5.06. The second-order valence-corrected chi connectivity index (χ2v) is 9.11. The summed E-state index contributed by atoms with van der Waals surface area (Å²) in [4.78, 5) is 25.6. The van der Waals surface area contributed by atoms with E-state index in [1.165, 1.54) is 25.3 Å². The zero-order chi connectivity index (χ0) is 27.9. The van der Waals surface area contributed by atoms with Crippen LogP contribution >= 0.6 is 0 Å². The van der Waals surface area contributed by atoms with Crippen LogP contribution in [0.25, 0.3) is 22.2 Å². The minimum atomic E-state index is -4.93. The summed E-state index contributed by atoms with van der Waals surface area (Å²) in [6.45, 7) is 0.351. The van der Waals surface area contributed by atoms with Crippen molar-refractivity contribution in [1.29, 1.82) is 5.26 Å². The van der Waals surface area contributed by atoms with E-state index in [0.717, 1.165) is 18.7 Å². The Kier molecular flexibility index (Phi) is 6.78. The Morgan fingerprint density at radius 2 is 1.97 bits per heavy atom. The number of benzene rings is 1. The van der Waals surface area contributed by atoms with Crippen LogP contribution in [0.4, 0.5) is 17.6 Å². The fourth-order valence-corrected chi connectivity index (χ4v) is 4.75. The fraction of sp³-hybridized carbons (Fsp3) is 0.296. The molecule has 12 heteroatoms. The van der Waals surface area contributed by atoms with Gasteiger partial charge in [-0.3, -0.25) is 14.3 Å². The third-order valence-electron chi connectivity index (χ3n) is 6.73. The lowest BCUT2D eigenvalue weighted by Crippen LogP contribution is -2.28. The van der Waals surface area contributed by atoms with Crippen LogP contribution in [-0.4, -0.2) is 33.2 Å².